The Hall–Kier alpha value is -0.870. The minimum atomic E-state index is -0.197. The molecule has 1 unspecified atom stereocenters. The van der Waals surface area contributed by atoms with Crippen molar-refractivity contribution < 1.29 is 5.11 Å². The topological polar surface area (TPSA) is 64.1 Å². The van der Waals surface area contributed by atoms with Gasteiger partial charge in [0.25, 0.3) is 0 Å². The van der Waals surface area contributed by atoms with E-state index in [1.165, 1.54) is 0 Å². The normalized spacial score (nSPS) is 13.3. The summed E-state index contributed by atoms with van der Waals surface area (Å²) >= 11 is 0. The summed E-state index contributed by atoms with van der Waals surface area (Å²) in [6, 6.07) is -0.197. The molecule has 68 valence electrons. The lowest BCUT2D eigenvalue weighted by molar-refractivity contribution is 0.253. The van der Waals surface area contributed by atoms with Gasteiger partial charge >= 0.3 is 0 Å². The predicted molar refractivity (Wildman–Crippen MR) is 46.8 cm³/mol. The molecule has 0 spiro atoms. The summed E-state index contributed by atoms with van der Waals surface area (Å²) in [5.41, 5.74) is 7.71. The van der Waals surface area contributed by atoms with Gasteiger partial charge in [0.15, 0.2) is 0 Å². The van der Waals surface area contributed by atoms with E-state index in [0.717, 1.165) is 11.4 Å². The van der Waals surface area contributed by atoms with Crippen molar-refractivity contribution in [1.29, 1.82) is 0 Å². The van der Waals surface area contributed by atoms with Crippen LogP contribution in [0, 0.1) is 13.8 Å². The molecular weight excluding hydrogens is 154 g/mol. The van der Waals surface area contributed by atoms with Gasteiger partial charge in [-0.3, -0.25) is 0 Å². The number of aliphatic hydroxyl groups excluding tert-OH is 1. The van der Waals surface area contributed by atoms with Gasteiger partial charge in [0, 0.05) is 18.3 Å². The number of aryl methyl sites for hydroxylation is 1. The smallest absolute Gasteiger partial charge is 0.0951 e. The van der Waals surface area contributed by atoms with E-state index in [0.29, 0.717) is 6.54 Å². The molecule has 0 saturated heterocycles. The number of nitrogens with two attached hydrogens (primary N) is 1. The summed E-state index contributed by atoms with van der Waals surface area (Å²) in [6.07, 6.45) is 1.75. The molecule has 0 fully saturated rings. The maximum Gasteiger partial charge on any atom is 0.0951 e. The molecule has 1 aromatic heterocycles. The Morgan fingerprint density at radius 1 is 1.67 bits per heavy atom. The van der Waals surface area contributed by atoms with E-state index >= 15 is 0 Å². The first-order chi connectivity index (χ1) is 5.65. The van der Waals surface area contributed by atoms with Gasteiger partial charge in [0.2, 0.25) is 0 Å². The van der Waals surface area contributed by atoms with Gasteiger partial charge in [0.1, 0.15) is 0 Å². The number of hydrogen-bond donors (Lipinski definition) is 2. The van der Waals surface area contributed by atoms with E-state index in [1.807, 2.05) is 18.4 Å². The van der Waals surface area contributed by atoms with Gasteiger partial charge in [-0.1, -0.05) is 0 Å². The van der Waals surface area contributed by atoms with Gasteiger partial charge < -0.3 is 15.4 Å². The van der Waals surface area contributed by atoms with E-state index in [-0.39, 0.29) is 12.6 Å². The first kappa shape index (κ1) is 9.22. The van der Waals surface area contributed by atoms with Crippen molar-refractivity contribution in [2.24, 2.45) is 5.73 Å². The second-order valence-electron chi connectivity index (χ2n) is 3.01. The summed E-state index contributed by atoms with van der Waals surface area (Å²) in [4.78, 5) is 4.13. The van der Waals surface area contributed by atoms with Crippen molar-refractivity contribution in [2.75, 3.05) is 6.61 Å². The minimum Gasteiger partial charge on any atom is -0.395 e. The molecule has 0 bridgehead atoms. The highest BCUT2D eigenvalue weighted by atomic mass is 16.3. The maximum atomic E-state index is 8.74. The van der Waals surface area contributed by atoms with Gasteiger partial charge in [-0.05, 0) is 13.8 Å². The van der Waals surface area contributed by atoms with Crippen molar-refractivity contribution in [1.82, 2.24) is 9.55 Å². The Labute approximate surface area is 72.0 Å². The third-order valence-electron chi connectivity index (χ3n) is 2.01. The van der Waals surface area contributed by atoms with Crippen LogP contribution in [0.15, 0.2) is 6.33 Å². The van der Waals surface area contributed by atoms with Crippen molar-refractivity contribution in [2.45, 2.75) is 26.4 Å². The summed E-state index contributed by atoms with van der Waals surface area (Å²) < 4.78 is 1.95. The molecule has 0 aliphatic carbocycles. The van der Waals surface area contributed by atoms with Crippen LogP contribution < -0.4 is 5.73 Å². The van der Waals surface area contributed by atoms with Crippen LogP contribution in [0.5, 0.6) is 0 Å². The minimum absolute atomic E-state index is 0.0106. The SMILES string of the molecule is Cc1ncn(CC(N)CO)c1C. The van der Waals surface area contributed by atoms with Crippen LogP contribution >= 0.6 is 0 Å². The molecule has 0 amide bonds. The largest absolute Gasteiger partial charge is 0.395 e. The van der Waals surface area contributed by atoms with Crippen LogP contribution in [0.1, 0.15) is 11.4 Å². The molecule has 1 atom stereocenters. The molecule has 0 saturated carbocycles. The van der Waals surface area contributed by atoms with Crippen LogP contribution in [0.2, 0.25) is 0 Å². The fourth-order valence-corrected chi connectivity index (χ4v) is 1.04. The zero-order chi connectivity index (χ0) is 9.14. The van der Waals surface area contributed by atoms with Crippen LogP contribution in [-0.4, -0.2) is 27.3 Å². The summed E-state index contributed by atoms with van der Waals surface area (Å²) in [5, 5.41) is 8.74. The van der Waals surface area contributed by atoms with E-state index in [9.17, 15) is 0 Å². The van der Waals surface area contributed by atoms with Crippen LogP contribution in [0.25, 0.3) is 0 Å². The van der Waals surface area contributed by atoms with Crippen molar-refractivity contribution in [3.63, 3.8) is 0 Å². The standard InChI is InChI=1S/C8H15N3O/c1-6-7(2)11(5-10-6)3-8(9)4-12/h5,8,12H,3-4,9H2,1-2H3. The van der Waals surface area contributed by atoms with E-state index in [2.05, 4.69) is 4.98 Å². The molecule has 0 aliphatic rings. The van der Waals surface area contributed by atoms with E-state index < -0.39 is 0 Å². The molecule has 0 aromatic carbocycles. The first-order valence-electron chi connectivity index (χ1n) is 4.00. The Balaban J connectivity index is 2.69. The van der Waals surface area contributed by atoms with Crippen molar-refractivity contribution in [3.05, 3.63) is 17.7 Å². The highest BCUT2D eigenvalue weighted by molar-refractivity contribution is 5.08. The second kappa shape index (κ2) is 3.69. The number of hydrogen-bond acceptors (Lipinski definition) is 3. The monoisotopic (exact) mass is 169 g/mol. The summed E-state index contributed by atoms with van der Waals surface area (Å²) in [5.74, 6) is 0. The lowest BCUT2D eigenvalue weighted by Crippen LogP contribution is -2.29. The number of imidazole rings is 1. The highest BCUT2D eigenvalue weighted by Crippen LogP contribution is 2.04. The molecule has 1 rings (SSSR count). The second-order valence-corrected chi connectivity index (χ2v) is 3.01. The van der Waals surface area contributed by atoms with Crippen LogP contribution in [0.4, 0.5) is 0 Å². The molecule has 1 heterocycles. The third kappa shape index (κ3) is 1.84. The molecule has 4 nitrogen and oxygen atoms in total. The number of rotatable bonds is 3. The molecule has 0 radical (unpaired) electrons. The van der Waals surface area contributed by atoms with E-state index in [4.69, 9.17) is 10.8 Å². The van der Waals surface area contributed by atoms with Crippen LogP contribution in [-0.2, 0) is 6.54 Å². The zero-order valence-electron chi connectivity index (χ0n) is 7.49. The highest BCUT2D eigenvalue weighted by Gasteiger charge is 2.05. The van der Waals surface area contributed by atoms with Crippen molar-refractivity contribution in [3.8, 4) is 0 Å². The predicted octanol–water partition coefficient (Wildman–Crippen LogP) is -0.180. The van der Waals surface area contributed by atoms with Gasteiger partial charge in [-0.2, -0.15) is 0 Å². The average Bonchev–Trinajstić information content (AvgIpc) is 2.36. The van der Waals surface area contributed by atoms with Crippen LogP contribution in [0.3, 0.4) is 0 Å². The molecule has 3 N–H and O–H groups in total. The lowest BCUT2D eigenvalue weighted by Gasteiger charge is -2.10. The number of aromatic nitrogens is 2. The fourth-order valence-electron chi connectivity index (χ4n) is 1.04. The number of aliphatic hydroxyl groups is 1. The summed E-state index contributed by atoms with van der Waals surface area (Å²) in [6.45, 7) is 4.59. The molecule has 12 heavy (non-hydrogen) atoms. The lowest BCUT2D eigenvalue weighted by atomic mass is 10.3. The molecule has 1 aromatic rings. The Kier molecular flexibility index (Phi) is 2.83. The average molecular weight is 169 g/mol. The first-order valence-corrected chi connectivity index (χ1v) is 4.00. The zero-order valence-corrected chi connectivity index (χ0v) is 7.49. The van der Waals surface area contributed by atoms with Gasteiger partial charge in [-0.15, -0.1) is 0 Å². The molecule has 4 heteroatoms. The fraction of sp³-hybridized carbons (Fsp3) is 0.625. The van der Waals surface area contributed by atoms with Crippen molar-refractivity contribution >= 4 is 0 Å². The molecule has 0 aliphatic heterocycles. The maximum absolute atomic E-state index is 8.74. The third-order valence-corrected chi connectivity index (χ3v) is 2.01. The van der Waals surface area contributed by atoms with Gasteiger partial charge in [-0.25, -0.2) is 4.98 Å². The quantitative estimate of drug-likeness (QED) is 0.659. The Morgan fingerprint density at radius 3 is 2.75 bits per heavy atom. The number of nitrogens with zero attached hydrogens (tertiary/aromatic N) is 2. The van der Waals surface area contributed by atoms with Gasteiger partial charge in [0.05, 0.1) is 18.6 Å². The van der Waals surface area contributed by atoms with E-state index in [1.54, 1.807) is 6.33 Å². The molecular formula is C8H15N3O. The Morgan fingerprint density at radius 2 is 2.33 bits per heavy atom. The summed E-state index contributed by atoms with van der Waals surface area (Å²) in [7, 11) is 0. The Bertz CT molecular complexity index is 257.